The van der Waals surface area contributed by atoms with Gasteiger partial charge in [0, 0.05) is 12.1 Å². The highest BCUT2D eigenvalue weighted by Gasteiger charge is 2.08. The molecular formula is C22H16ClFN2O2S. The first-order valence-corrected chi connectivity index (χ1v) is 10.1. The van der Waals surface area contributed by atoms with Crippen LogP contribution in [0.1, 0.15) is 10.6 Å². The molecule has 3 aromatic carbocycles. The molecule has 4 rings (SSSR count). The van der Waals surface area contributed by atoms with Crippen LogP contribution in [-0.2, 0) is 11.2 Å². The fourth-order valence-corrected chi connectivity index (χ4v) is 4.03. The molecule has 4 nitrogen and oxygen atoms in total. The lowest BCUT2D eigenvalue weighted by molar-refractivity contribution is -0.118. The minimum atomic E-state index is -0.460. The highest BCUT2D eigenvalue weighted by molar-refractivity contribution is 7.18. The number of nitrogens with zero attached hydrogens (tertiary/aromatic N) is 1. The number of fused-ring (bicyclic) bond motifs is 1. The molecule has 1 heterocycles. The number of halogens is 2. The topological polar surface area (TPSA) is 51.2 Å². The van der Waals surface area contributed by atoms with Crippen LogP contribution in [0.4, 0.5) is 10.1 Å². The molecule has 0 aliphatic heterocycles. The predicted molar refractivity (Wildman–Crippen MR) is 114 cm³/mol. The Morgan fingerprint density at radius 2 is 1.90 bits per heavy atom. The van der Waals surface area contributed by atoms with E-state index in [1.807, 2.05) is 42.5 Å². The monoisotopic (exact) mass is 426 g/mol. The summed E-state index contributed by atoms with van der Waals surface area (Å²) in [5.41, 5.74) is 2.78. The van der Waals surface area contributed by atoms with Crippen molar-refractivity contribution >= 4 is 44.7 Å². The first-order valence-electron chi connectivity index (χ1n) is 8.88. The van der Waals surface area contributed by atoms with Crippen molar-refractivity contribution in [2.45, 2.75) is 6.42 Å². The molecule has 0 radical (unpaired) electrons. The van der Waals surface area contributed by atoms with Crippen LogP contribution in [-0.4, -0.2) is 17.5 Å². The van der Waals surface area contributed by atoms with Crippen LogP contribution in [0.25, 0.3) is 10.2 Å². The van der Waals surface area contributed by atoms with E-state index in [1.165, 1.54) is 16.8 Å². The Balaban J connectivity index is 1.33. The number of rotatable bonds is 6. The van der Waals surface area contributed by atoms with E-state index in [9.17, 15) is 9.18 Å². The normalized spacial score (nSPS) is 10.8. The molecule has 29 heavy (non-hydrogen) atoms. The fraction of sp³-hybridized carbons (Fsp3) is 0.0909. The van der Waals surface area contributed by atoms with E-state index in [0.717, 1.165) is 28.6 Å². The number of amides is 1. The third-order valence-corrected chi connectivity index (χ3v) is 5.52. The Morgan fingerprint density at radius 1 is 1.10 bits per heavy atom. The number of hydrogen-bond donors (Lipinski definition) is 1. The molecule has 0 spiro atoms. The SMILES string of the molecule is O=C(COc1ccc(F)cc1Cl)Nc1ccc(Cc2nc3ccccc3s2)cc1. The van der Waals surface area contributed by atoms with E-state index in [0.29, 0.717) is 5.69 Å². The standard InChI is InChI=1S/C22H16ClFN2O2S/c23-17-12-15(24)7-10-19(17)28-13-21(27)25-16-8-5-14(6-9-16)11-22-26-18-3-1-2-4-20(18)29-22/h1-10,12H,11,13H2,(H,25,27). The van der Waals surface area contributed by atoms with E-state index in [1.54, 1.807) is 11.3 Å². The van der Waals surface area contributed by atoms with Gasteiger partial charge in [0.05, 0.1) is 20.2 Å². The number of carbonyl (C=O) groups is 1. The second-order valence-electron chi connectivity index (χ2n) is 6.36. The van der Waals surface area contributed by atoms with E-state index in [4.69, 9.17) is 16.3 Å². The van der Waals surface area contributed by atoms with Crippen molar-refractivity contribution < 1.29 is 13.9 Å². The van der Waals surface area contributed by atoms with E-state index in [2.05, 4.69) is 16.4 Å². The molecule has 0 bridgehead atoms. The number of hydrogen-bond acceptors (Lipinski definition) is 4. The summed E-state index contributed by atoms with van der Waals surface area (Å²) >= 11 is 7.56. The summed E-state index contributed by atoms with van der Waals surface area (Å²) in [4.78, 5) is 16.7. The number of carbonyl (C=O) groups excluding carboxylic acids is 1. The minimum absolute atomic E-state index is 0.122. The number of thiazole rings is 1. The van der Waals surface area contributed by atoms with E-state index in [-0.39, 0.29) is 23.3 Å². The van der Waals surface area contributed by atoms with Crippen LogP contribution >= 0.6 is 22.9 Å². The van der Waals surface area contributed by atoms with Crippen LogP contribution in [0.15, 0.2) is 66.7 Å². The quantitative estimate of drug-likeness (QED) is 0.430. The summed E-state index contributed by atoms with van der Waals surface area (Å²) in [6.45, 7) is -0.223. The fourth-order valence-electron chi connectivity index (χ4n) is 2.81. The van der Waals surface area contributed by atoms with Crippen LogP contribution < -0.4 is 10.1 Å². The third kappa shape index (κ3) is 4.91. The van der Waals surface area contributed by atoms with E-state index < -0.39 is 5.82 Å². The van der Waals surface area contributed by atoms with Gasteiger partial charge in [-0.15, -0.1) is 11.3 Å². The van der Waals surface area contributed by atoms with Gasteiger partial charge < -0.3 is 10.1 Å². The van der Waals surface area contributed by atoms with Crippen molar-refractivity contribution in [2.75, 3.05) is 11.9 Å². The first-order chi connectivity index (χ1) is 14.1. The number of anilines is 1. The highest BCUT2D eigenvalue weighted by atomic mass is 35.5. The molecule has 1 N–H and O–H groups in total. The van der Waals surface area contributed by atoms with Gasteiger partial charge in [-0.3, -0.25) is 4.79 Å². The minimum Gasteiger partial charge on any atom is -0.482 e. The van der Waals surface area contributed by atoms with Gasteiger partial charge in [0.2, 0.25) is 0 Å². The molecule has 0 fully saturated rings. The Labute approximate surface area is 175 Å². The van der Waals surface area contributed by atoms with Gasteiger partial charge in [-0.05, 0) is 48.0 Å². The average molecular weight is 427 g/mol. The smallest absolute Gasteiger partial charge is 0.262 e. The summed E-state index contributed by atoms with van der Waals surface area (Å²) in [5, 5.41) is 3.93. The van der Waals surface area contributed by atoms with Gasteiger partial charge in [-0.2, -0.15) is 0 Å². The lowest BCUT2D eigenvalue weighted by Crippen LogP contribution is -2.20. The highest BCUT2D eigenvalue weighted by Crippen LogP contribution is 2.25. The Morgan fingerprint density at radius 3 is 2.66 bits per heavy atom. The first kappa shape index (κ1) is 19.4. The molecule has 0 saturated heterocycles. The van der Waals surface area contributed by atoms with E-state index >= 15 is 0 Å². The zero-order valence-corrected chi connectivity index (χ0v) is 16.8. The van der Waals surface area contributed by atoms with Crippen LogP contribution in [0.3, 0.4) is 0 Å². The molecule has 146 valence electrons. The summed E-state index contributed by atoms with van der Waals surface area (Å²) in [6, 6.07) is 19.4. The molecule has 0 saturated carbocycles. The molecule has 1 amide bonds. The lowest BCUT2D eigenvalue weighted by atomic mass is 10.1. The van der Waals surface area contributed by atoms with Crippen molar-refractivity contribution in [3.8, 4) is 5.75 Å². The second-order valence-corrected chi connectivity index (χ2v) is 7.88. The molecule has 4 aromatic rings. The van der Waals surface area contributed by atoms with Crippen molar-refractivity contribution in [1.82, 2.24) is 4.98 Å². The Hall–Kier alpha value is -2.96. The maximum absolute atomic E-state index is 13.0. The summed E-state index contributed by atoms with van der Waals surface area (Å²) in [7, 11) is 0. The molecule has 0 atom stereocenters. The number of aromatic nitrogens is 1. The van der Waals surface area contributed by atoms with Crippen LogP contribution in [0.5, 0.6) is 5.75 Å². The summed E-state index contributed by atoms with van der Waals surface area (Å²) in [6.07, 6.45) is 0.736. The molecule has 0 unspecified atom stereocenters. The average Bonchev–Trinajstić information content (AvgIpc) is 3.11. The molecular weight excluding hydrogens is 411 g/mol. The van der Waals surface area contributed by atoms with Gasteiger partial charge in [-0.1, -0.05) is 35.9 Å². The van der Waals surface area contributed by atoms with Gasteiger partial charge in [-0.25, -0.2) is 9.37 Å². The molecule has 1 aromatic heterocycles. The van der Waals surface area contributed by atoms with Gasteiger partial charge in [0.15, 0.2) is 6.61 Å². The van der Waals surface area contributed by atoms with Gasteiger partial charge >= 0.3 is 0 Å². The zero-order chi connectivity index (χ0) is 20.2. The number of para-hydroxylation sites is 1. The summed E-state index contributed by atoms with van der Waals surface area (Å²) in [5.74, 6) is -0.531. The number of benzene rings is 3. The van der Waals surface area contributed by atoms with Crippen molar-refractivity contribution in [3.05, 3.63) is 88.1 Å². The number of ether oxygens (including phenoxy) is 1. The van der Waals surface area contributed by atoms with Crippen molar-refractivity contribution in [2.24, 2.45) is 0 Å². The number of nitrogens with one attached hydrogen (secondary N) is 1. The second kappa shape index (κ2) is 8.59. The molecule has 0 aliphatic rings. The third-order valence-electron chi connectivity index (χ3n) is 4.18. The van der Waals surface area contributed by atoms with Crippen molar-refractivity contribution in [3.63, 3.8) is 0 Å². The van der Waals surface area contributed by atoms with Gasteiger partial charge in [0.25, 0.3) is 5.91 Å². The van der Waals surface area contributed by atoms with Crippen LogP contribution in [0, 0.1) is 5.82 Å². The lowest BCUT2D eigenvalue weighted by Gasteiger charge is -2.09. The van der Waals surface area contributed by atoms with Crippen LogP contribution in [0.2, 0.25) is 5.02 Å². The van der Waals surface area contributed by atoms with Gasteiger partial charge in [0.1, 0.15) is 11.6 Å². The predicted octanol–water partition coefficient (Wildman–Crippen LogP) is 5.70. The zero-order valence-electron chi connectivity index (χ0n) is 15.2. The molecule has 7 heteroatoms. The Kier molecular flexibility index (Phi) is 5.74. The maximum Gasteiger partial charge on any atom is 0.262 e. The van der Waals surface area contributed by atoms with Crippen molar-refractivity contribution in [1.29, 1.82) is 0 Å². The summed E-state index contributed by atoms with van der Waals surface area (Å²) < 4.78 is 19.5. The largest absolute Gasteiger partial charge is 0.482 e. The molecule has 0 aliphatic carbocycles. The Bertz CT molecular complexity index is 1130. The maximum atomic E-state index is 13.0.